The topological polar surface area (TPSA) is 38.3 Å². The standard InChI is InChI=1S/C15H16FNO2S/c1-3-19-15(18)14(13-5-4-6-20-13)17-12-8-10(2)7-11(16)9-12/h4-9,14,17H,3H2,1-2H3. The minimum Gasteiger partial charge on any atom is -0.464 e. The van der Waals surface area contributed by atoms with E-state index in [2.05, 4.69) is 5.32 Å². The molecule has 0 saturated carbocycles. The van der Waals surface area contributed by atoms with E-state index in [4.69, 9.17) is 4.74 Å². The molecule has 0 aliphatic rings. The molecule has 0 bridgehead atoms. The molecule has 2 rings (SSSR count). The number of halogens is 1. The molecule has 0 saturated heterocycles. The van der Waals surface area contributed by atoms with E-state index in [1.807, 2.05) is 17.5 Å². The van der Waals surface area contributed by atoms with Crippen LogP contribution in [0.15, 0.2) is 35.7 Å². The van der Waals surface area contributed by atoms with E-state index in [0.29, 0.717) is 12.3 Å². The van der Waals surface area contributed by atoms with Crippen LogP contribution in [0.4, 0.5) is 10.1 Å². The van der Waals surface area contributed by atoms with Crippen molar-refractivity contribution in [3.8, 4) is 0 Å². The van der Waals surface area contributed by atoms with Gasteiger partial charge in [-0.05, 0) is 49.1 Å². The summed E-state index contributed by atoms with van der Waals surface area (Å²) in [5.74, 6) is -0.696. The Hall–Kier alpha value is -1.88. The van der Waals surface area contributed by atoms with Crippen LogP contribution >= 0.6 is 11.3 Å². The van der Waals surface area contributed by atoms with Gasteiger partial charge in [-0.2, -0.15) is 0 Å². The zero-order chi connectivity index (χ0) is 14.5. The van der Waals surface area contributed by atoms with Gasteiger partial charge in [-0.1, -0.05) is 6.07 Å². The van der Waals surface area contributed by atoms with E-state index < -0.39 is 6.04 Å². The first-order valence-corrected chi connectivity index (χ1v) is 7.22. The summed E-state index contributed by atoms with van der Waals surface area (Å²) in [7, 11) is 0. The summed E-state index contributed by atoms with van der Waals surface area (Å²) < 4.78 is 18.5. The monoisotopic (exact) mass is 293 g/mol. The smallest absolute Gasteiger partial charge is 0.334 e. The maximum Gasteiger partial charge on any atom is 0.334 e. The van der Waals surface area contributed by atoms with E-state index in [1.54, 1.807) is 19.9 Å². The predicted octanol–water partition coefficient (Wildman–Crippen LogP) is 3.91. The molecule has 1 aromatic carbocycles. The van der Waals surface area contributed by atoms with Crippen LogP contribution in [0.25, 0.3) is 0 Å². The Kier molecular flexibility index (Phi) is 4.74. The van der Waals surface area contributed by atoms with E-state index >= 15 is 0 Å². The highest BCUT2D eigenvalue weighted by molar-refractivity contribution is 7.10. The minimum atomic E-state index is -0.615. The summed E-state index contributed by atoms with van der Waals surface area (Å²) in [4.78, 5) is 12.9. The van der Waals surface area contributed by atoms with Crippen molar-refractivity contribution in [1.29, 1.82) is 0 Å². The van der Waals surface area contributed by atoms with Crippen LogP contribution in [-0.2, 0) is 9.53 Å². The zero-order valence-electron chi connectivity index (χ0n) is 11.4. The highest BCUT2D eigenvalue weighted by Crippen LogP contribution is 2.26. The van der Waals surface area contributed by atoms with E-state index in [-0.39, 0.29) is 11.8 Å². The Balaban J connectivity index is 2.25. The summed E-state index contributed by atoms with van der Waals surface area (Å²) in [5.41, 5.74) is 1.36. The molecule has 0 spiro atoms. The second kappa shape index (κ2) is 6.52. The number of rotatable bonds is 5. The van der Waals surface area contributed by atoms with Crippen LogP contribution < -0.4 is 5.32 Å². The van der Waals surface area contributed by atoms with Crippen LogP contribution in [0.2, 0.25) is 0 Å². The second-order valence-electron chi connectivity index (χ2n) is 4.36. The molecule has 0 aliphatic heterocycles. The zero-order valence-corrected chi connectivity index (χ0v) is 12.2. The molecule has 3 nitrogen and oxygen atoms in total. The number of hydrogen-bond acceptors (Lipinski definition) is 4. The van der Waals surface area contributed by atoms with Crippen molar-refractivity contribution in [2.75, 3.05) is 11.9 Å². The summed E-state index contributed by atoms with van der Waals surface area (Å²) >= 11 is 1.46. The first-order chi connectivity index (χ1) is 9.60. The Labute approximate surface area is 121 Å². The largest absolute Gasteiger partial charge is 0.464 e. The summed E-state index contributed by atoms with van der Waals surface area (Å²) in [6, 6.07) is 7.71. The van der Waals surface area contributed by atoms with Gasteiger partial charge in [-0.25, -0.2) is 9.18 Å². The number of hydrogen-bond donors (Lipinski definition) is 1. The van der Waals surface area contributed by atoms with Crippen molar-refractivity contribution in [3.05, 3.63) is 52.0 Å². The molecule has 1 unspecified atom stereocenters. The molecule has 20 heavy (non-hydrogen) atoms. The van der Waals surface area contributed by atoms with Crippen molar-refractivity contribution in [2.24, 2.45) is 0 Å². The molecule has 2 aromatic rings. The SMILES string of the molecule is CCOC(=O)C(Nc1cc(C)cc(F)c1)c1cccs1. The van der Waals surface area contributed by atoms with Gasteiger partial charge in [-0.3, -0.25) is 0 Å². The second-order valence-corrected chi connectivity index (χ2v) is 5.34. The van der Waals surface area contributed by atoms with Gasteiger partial charge in [0.25, 0.3) is 0 Å². The lowest BCUT2D eigenvalue weighted by molar-refractivity contribution is -0.144. The number of esters is 1. The van der Waals surface area contributed by atoms with Gasteiger partial charge in [-0.15, -0.1) is 11.3 Å². The molecule has 1 atom stereocenters. The Morgan fingerprint density at radius 3 is 2.85 bits per heavy atom. The lowest BCUT2D eigenvalue weighted by Crippen LogP contribution is -2.22. The van der Waals surface area contributed by atoms with Gasteiger partial charge in [0.2, 0.25) is 0 Å². The highest BCUT2D eigenvalue weighted by Gasteiger charge is 2.23. The van der Waals surface area contributed by atoms with Gasteiger partial charge in [0.1, 0.15) is 5.82 Å². The number of nitrogens with one attached hydrogen (secondary N) is 1. The lowest BCUT2D eigenvalue weighted by Gasteiger charge is -2.17. The number of anilines is 1. The Morgan fingerprint density at radius 1 is 1.45 bits per heavy atom. The third kappa shape index (κ3) is 3.57. The summed E-state index contributed by atoms with van der Waals surface area (Å²) in [6.45, 7) is 3.87. The molecule has 0 amide bonds. The van der Waals surface area contributed by atoms with E-state index in [0.717, 1.165) is 10.4 Å². The van der Waals surface area contributed by atoms with Gasteiger partial charge in [0.15, 0.2) is 6.04 Å². The normalized spacial score (nSPS) is 11.9. The minimum absolute atomic E-state index is 0.310. The van der Waals surface area contributed by atoms with Crippen LogP contribution in [-0.4, -0.2) is 12.6 Å². The van der Waals surface area contributed by atoms with E-state index in [1.165, 1.54) is 23.5 Å². The van der Waals surface area contributed by atoms with Gasteiger partial charge >= 0.3 is 5.97 Å². The third-order valence-electron chi connectivity index (χ3n) is 2.70. The van der Waals surface area contributed by atoms with Crippen LogP contribution in [0.3, 0.4) is 0 Å². The molecule has 1 heterocycles. The van der Waals surface area contributed by atoms with Crippen molar-refractivity contribution in [1.82, 2.24) is 0 Å². The average Bonchev–Trinajstić information content (AvgIpc) is 2.88. The molecular weight excluding hydrogens is 277 g/mol. The fraction of sp³-hybridized carbons (Fsp3) is 0.267. The van der Waals surface area contributed by atoms with Crippen LogP contribution in [0, 0.1) is 12.7 Å². The van der Waals surface area contributed by atoms with Crippen molar-refractivity contribution in [2.45, 2.75) is 19.9 Å². The number of ether oxygens (including phenoxy) is 1. The van der Waals surface area contributed by atoms with Gasteiger partial charge < -0.3 is 10.1 Å². The van der Waals surface area contributed by atoms with Crippen LogP contribution in [0.1, 0.15) is 23.4 Å². The molecule has 0 aliphatic carbocycles. The Morgan fingerprint density at radius 2 is 2.25 bits per heavy atom. The summed E-state index contributed by atoms with van der Waals surface area (Å²) in [5, 5.41) is 4.93. The fourth-order valence-electron chi connectivity index (χ4n) is 1.91. The molecule has 0 radical (unpaired) electrons. The highest BCUT2D eigenvalue weighted by atomic mass is 32.1. The maximum absolute atomic E-state index is 13.4. The quantitative estimate of drug-likeness (QED) is 0.849. The van der Waals surface area contributed by atoms with Crippen molar-refractivity contribution < 1.29 is 13.9 Å². The Bertz CT molecular complexity index is 563. The van der Waals surface area contributed by atoms with Crippen molar-refractivity contribution in [3.63, 3.8) is 0 Å². The molecule has 1 aromatic heterocycles. The van der Waals surface area contributed by atoms with Gasteiger partial charge in [0, 0.05) is 10.6 Å². The maximum atomic E-state index is 13.4. The average molecular weight is 293 g/mol. The molecule has 106 valence electrons. The summed E-state index contributed by atoms with van der Waals surface area (Å²) in [6.07, 6.45) is 0. The molecule has 5 heteroatoms. The number of benzene rings is 1. The van der Waals surface area contributed by atoms with Crippen molar-refractivity contribution >= 4 is 23.0 Å². The van der Waals surface area contributed by atoms with Gasteiger partial charge in [0.05, 0.1) is 6.61 Å². The number of carbonyl (C=O) groups is 1. The predicted molar refractivity (Wildman–Crippen MR) is 78.5 cm³/mol. The molecule has 0 fully saturated rings. The molecular formula is C15H16FNO2S. The number of carbonyl (C=O) groups excluding carboxylic acids is 1. The first kappa shape index (κ1) is 14.5. The number of thiophene rings is 1. The first-order valence-electron chi connectivity index (χ1n) is 6.34. The fourth-order valence-corrected chi connectivity index (χ4v) is 2.68. The number of aryl methyl sites for hydroxylation is 1. The lowest BCUT2D eigenvalue weighted by atomic mass is 10.2. The van der Waals surface area contributed by atoms with E-state index in [9.17, 15) is 9.18 Å². The molecule has 1 N–H and O–H groups in total. The van der Waals surface area contributed by atoms with Crippen LogP contribution in [0.5, 0.6) is 0 Å². The third-order valence-corrected chi connectivity index (χ3v) is 3.64.